The molecule has 0 radical (unpaired) electrons. The fourth-order valence-corrected chi connectivity index (χ4v) is 2.94. The lowest BCUT2D eigenvalue weighted by Crippen LogP contribution is -3.00. The number of para-hydroxylation sites is 1. The predicted octanol–water partition coefficient (Wildman–Crippen LogP) is 1.86. The van der Waals surface area contributed by atoms with Gasteiger partial charge in [0.05, 0.1) is 0 Å². The van der Waals surface area contributed by atoms with E-state index in [1.165, 1.54) is 0 Å². The van der Waals surface area contributed by atoms with Gasteiger partial charge in [-0.05, 0) is 41.5 Å². The van der Waals surface area contributed by atoms with Crippen LogP contribution in [0, 0.1) is 0 Å². The summed E-state index contributed by atoms with van der Waals surface area (Å²) in [7, 11) is 2.01. The van der Waals surface area contributed by atoms with Crippen LogP contribution in [0.3, 0.4) is 0 Å². The number of aromatic nitrogens is 1. The van der Waals surface area contributed by atoms with Gasteiger partial charge in [0.15, 0.2) is 12.4 Å². The molecule has 0 N–H and O–H groups in total. The number of fused-ring (bicyclic) bond motifs is 2. The van der Waals surface area contributed by atoms with Crippen LogP contribution in [0.25, 0.3) is 11.6 Å². The van der Waals surface area contributed by atoms with Crippen molar-refractivity contribution >= 4 is 23.3 Å². The third kappa shape index (κ3) is 3.10. The van der Waals surface area contributed by atoms with Crippen LogP contribution in [-0.4, -0.2) is 0 Å². The third-order valence-electron chi connectivity index (χ3n) is 3.96. The molecule has 0 saturated carbocycles. The molecule has 1 aromatic heterocycles. The van der Waals surface area contributed by atoms with Crippen LogP contribution in [0.4, 0.5) is 0 Å². The molecule has 3 aromatic rings. The maximum absolute atomic E-state index is 6.23. The molecule has 2 heterocycles. The van der Waals surface area contributed by atoms with Crippen molar-refractivity contribution in [1.82, 2.24) is 0 Å². The molecule has 0 saturated heterocycles. The first-order valence-corrected chi connectivity index (χ1v) is 7.83. The van der Waals surface area contributed by atoms with Gasteiger partial charge in [0.2, 0.25) is 0 Å². The highest BCUT2D eigenvalue weighted by molar-refractivity contribution is 6.30. The average Bonchev–Trinajstić information content (AvgIpc) is 2.72. The predicted molar refractivity (Wildman–Crippen MR) is 92.6 cm³/mol. The van der Waals surface area contributed by atoms with Crippen molar-refractivity contribution in [2.45, 2.75) is 0 Å². The van der Waals surface area contributed by atoms with Crippen molar-refractivity contribution in [3.05, 3.63) is 88.7 Å². The lowest BCUT2D eigenvalue weighted by molar-refractivity contribution is -0.671. The summed E-state index contributed by atoms with van der Waals surface area (Å²) in [6.07, 6.45) is 6.24. The van der Waals surface area contributed by atoms with E-state index in [4.69, 9.17) is 16.3 Å². The van der Waals surface area contributed by atoms with Gasteiger partial charge >= 0.3 is 0 Å². The SMILES string of the molecule is C[n+]1ccc(C2=Cc3ccccc3Oc3ccc(Cl)cc32)cc1.[Br-]. The molecule has 0 fully saturated rings. The van der Waals surface area contributed by atoms with E-state index in [0.717, 1.165) is 33.8 Å². The molecular weight excluding hydrogens is 386 g/mol. The molecule has 0 unspecified atom stereocenters. The summed E-state index contributed by atoms with van der Waals surface area (Å²) in [5, 5.41) is 0.700. The number of ether oxygens (including phenoxy) is 1. The minimum atomic E-state index is 0. The number of aryl methyl sites for hydroxylation is 1. The number of halogens is 2. The summed E-state index contributed by atoms with van der Waals surface area (Å²) in [4.78, 5) is 0. The van der Waals surface area contributed by atoms with Crippen molar-refractivity contribution in [2.24, 2.45) is 7.05 Å². The Morgan fingerprint density at radius 1 is 0.917 bits per heavy atom. The molecule has 120 valence electrons. The molecule has 1 aliphatic heterocycles. The summed E-state index contributed by atoms with van der Waals surface area (Å²) >= 11 is 6.23. The van der Waals surface area contributed by atoms with E-state index < -0.39 is 0 Å². The number of benzene rings is 2. The Hall–Kier alpha value is -2.10. The van der Waals surface area contributed by atoms with Crippen LogP contribution >= 0.6 is 11.6 Å². The lowest BCUT2D eigenvalue weighted by Gasteiger charge is -2.11. The molecule has 0 spiro atoms. The number of nitrogens with zero attached hydrogens (tertiary/aromatic N) is 1. The molecule has 4 heteroatoms. The molecule has 2 aromatic carbocycles. The van der Waals surface area contributed by atoms with Crippen molar-refractivity contribution in [3.8, 4) is 11.5 Å². The largest absolute Gasteiger partial charge is 1.00 e. The Morgan fingerprint density at radius 3 is 2.46 bits per heavy atom. The maximum atomic E-state index is 6.23. The van der Waals surface area contributed by atoms with Crippen molar-refractivity contribution in [3.63, 3.8) is 0 Å². The van der Waals surface area contributed by atoms with Crippen molar-refractivity contribution < 1.29 is 26.3 Å². The summed E-state index contributed by atoms with van der Waals surface area (Å²) in [6.45, 7) is 0. The number of hydrogen-bond donors (Lipinski definition) is 0. The molecule has 24 heavy (non-hydrogen) atoms. The fraction of sp³-hybridized carbons (Fsp3) is 0.0500. The molecule has 0 bridgehead atoms. The van der Waals surface area contributed by atoms with Gasteiger partial charge in [-0.1, -0.05) is 29.8 Å². The van der Waals surface area contributed by atoms with Gasteiger partial charge in [0, 0.05) is 28.3 Å². The summed E-state index contributed by atoms with van der Waals surface area (Å²) in [5.41, 5.74) is 4.30. The fourth-order valence-electron chi connectivity index (χ4n) is 2.77. The normalized spacial score (nSPS) is 12.0. The van der Waals surface area contributed by atoms with Crippen LogP contribution < -0.4 is 26.3 Å². The average molecular weight is 401 g/mol. The first kappa shape index (κ1) is 16.7. The van der Waals surface area contributed by atoms with E-state index in [0.29, 0.717) is 5.02 Å². The Kier molecular flexibility index (Phi) is 4.74. The van der Waals surface area contributed by atoms with Gasteiger partial charge in [-0.3, -0.25) is 0 Å². The quantitative estimate of drug-likeness (QED) is 0.445. The second-order valence-electron chi connectivity index (χ2n) is 5.59. The molecule has 0 atom stereocenters. The Morgan fingerprint density at radius 2 is 1.67 bits per heavy atom. The van der Waals surface area contributed by atoms with Gasteiger partial charge in [-0.25, -0.2) is 4.57 Å². The van der Waals surface area contributed by atoms with Gasteiger partial charge in [0.25, 0.3) is 0 Å². The van der Waals surface area contributed by atoms with Crippen molar-refractivity contribution in [1.29, 1.82) is 0 Å². The standard InChI is InChI=1S/C20H15ClNO.BrH/c1-22-10-8-14(9-11-22)17-12-15-4-2-3-5-19(15)23-20-7-6-16(21)13-18(17)20;/h2-13H,1H3;1H/q+1;/p-1. The van der Waals surface area contributed by atoms with Crippen LogP contribution in [0.1, 0.15) is 16.7 Å². The van der Waals surface area contributed by atoms with Crippen LogP contribution in [0.15, 0.2) is 67.0 Å². The van der Waals surface area contributed by atoms with Crippen LogP contribution in [0.5, 0.6) is 11.5 Å². The van der Waals surface area contributed by atoms with E-state index >= 15 is 0 Å². The van der Waals surface area contributed by atoms with Gasteiger partial charge in [0.1, 0.15) is 18.5 Å². The Bertz CT molecular complexity index is 919. The van der Waals surface area contributed by atoms with E-state index in [-0.39, 0.29) is 17.0 Å². The zero-order valence-corrected chi connectivity index (χ0v) is 15.4. The van der Waals surface area contributed by atoms with Gasteiger partial charge < -0.3 is 21.7 Å². The number of rotatable bonds is 1. The zero-order chi connectivity index (χ0) is 15.8. The molecular formula is C20H15BrClNO. The molecule has 2 nitrogen and oxygen atoms in total. The Labute approximate surface area is 156 Å². The second-order valence-corrected chi connectivity index (χ2v) is 6.03. The maximum Gasteiger partial charge on any atom is 0.169 e. The second kappa shape index (κ2) is 6.80. The number of hydrogen-bond acceptors (Lipinski definition) is 1. The highest BCUT2D eigenvalue weighted by atomic mass is 79.9. The van der Waals surface area contributed by atoms with Gasteiger partial charge in [-0.15, -0.1) is 0 Å². The van der Waals surface area contributed by atoms with E-state index in [1.54, 1.807) is 0 Å². The van der Waals surface area contributed by atoms with Crippen molar-refractivity contribution in [2.75, 3.05) is 0 Å². The highest BCUT2D eigenvalue weighted by Gasteiger charge is 2.18. The molecule has 0 amide bonds. The highest BCUT2D eigenvalue weighted by Crippen LogP contribution is 2.41. The van der Waals surface area contributed by atoms with Gasteiger partial charge in [-0.2, -0.15) is 0 Å². The summed E-state index contributed by atoms with van der Waals surface area (Å²) < 4.78 is 8.13. The smallest absolute Gasteiger partial charge is 0.169 e. The summed E-state index contributed by atoms with van der Waals surface area (Å²) in [6, 6.07) is 18.0. The zero-order valence-electron chi connectivity index (χ0n) is 13.0. The van der Waals surface area contributed by atoms with Crippen LogP contribution in [0.2, 0.25) is 5.02 Å². The monoisotopic (exact) mass is 399 g/mol. The van der Waals surface area contributed by atoms with E-state index in [9.17, 15) is 0 Å². The molecule has 1 aliphatic rings. The molecule has 4 rings (SSSR count). The topological polar surface area (TPSA) is 13.1 Å². The lowest BCUT2D eigenvalue weighted by atomic mass is 9.96. The number of pyridine rings is 1. The molecule has 0 aliphatic carbocycles. The first-order valence-electron chi connectivity index (χ1n) is 7.45. The Balaban J connectivity index is 0.00000169. The minimum Gasteiger partial charge on any atom is -1.00 e. The third-order valence-corrected chi connectivity index (χ3v) is 4.20. The van der Waals surface area contributed by atoms with Crippen LogP contribution in [-0.2, 0) is 7.05 Å². The first-order chi connectivity index (χ1) is 11.2. The minimum absolute atomic E-state index is 0. The summed E-state index contributed by atoms with van der Waals surface area (Å²) in [5.74, 6) is 1.67. The van der Waals surface area contributed by atoms with E-state index in [1.807, 2.05) is 60.4 Å². The van der Waals surface area contributed by atoms with E-state index in [2.05, 4.69) is 24.3 Å².